The normalized spacial score (nSPS) is 29.5. The second-order valence-electron chi connectivity index (χ2n) is 9.27. The first-order valence-electron chi connectivity index (χ1n) is 10.6. The predicted molar refractivity (Wildman–Crippen MR) is 112 cm³/mol. The van der Waals surface area contributed by atoms with Crippen molar-refractivity contribution in [3.05, 3.63) is 42.2 Å². The van der Waals surface area contributed by atoms with E-state index >= 15 is 0 Å². The maximum absolute atomic E-state index is 13.1. The number of H-pyrrole nitrogens is 1. The highest BCUT2D eigenvalue weighted by Crippen LogP contribution is 2.54. The summed E-state index contributed by atoms with van der Waals surface area (Å²) in [4.78, 5) is 37.7. The molecule has 1 amide bonds. The lowest BCUT2D eigenvalue weighted by atomic mass is 9.52. The van der Waals surface area contributed by atoms with Crippen molar-refractivity contribution in [2.75, 3.05) is 5.73 Å². The zero-order valence-electron chi connectivity index (χ0n) is 16.5. The van der Waals surface area contributed by atoms with Gasteiger partial charge in [-0.05, 0) is 68.4 Å². The molecule has 4 saturated carbocycles. The number of aromatic amines is 1. The smallest absolute Gasteiger partial charge is 0.270 e. The van der Waals surface area contributed by atoms with Gasteiger partial charge in [0.2, 0.25) is 0 Å². The number of amides is 1. The number of aromatic nitrogens is 3. The van der Waals surface area contributed by atoms with Crippen molar-refractivity contribution in [3.63, 3.8) is 0 Å². The van der Waals surface area contributed by atoms with Crippen LogP contribution in [0.25, 0.3) is 22.4 Å². The summed E-state index contributed by atoms with van der Waals surface area (Å²) in [6.07, 6.45) is 6.18. The molecule has 4 atom stereocenters. The third-order valence-corrected chi connectivity index (χ3v) is 7.16. The number of pyridine rings is 1. The summed E-state index contributed by atoms with van der Waals surface area (Å²) in [5.74, 6) is 1.76. The monoisotopic (exact) mass is 401 g/mol. The maximum Gasteiger partial charge on any atom is 0.270 e. The second-order valence-corrected chi connectivity index (χ2v) is 9.27. The number of nitrogens with zero attached hydrogens (tertiary/aromatic N) is 2. The Labute approximate surface area is 173 Å². The van der Waals surface area contributed by atoms with E-state index in [9.17, 15) is 9.59 Å². The summed E-state index contributed by atoms with van der Waals surface area (Å²) in [5.41, 5.74) is 8.96. The van der Waals surface area contributed by atoms with Gasteiger partial charge in [-0.15, -0.1) is 0 Å². The highest BCUT2D eigenvalue weighted by atomic mass is 16.2. The minimum absolute atomic E-state index is 0.126. The first-order valence-corrected chi connectivity index (χ1v) is 10.6. The van der Waals surface area contributed by atoms with Gasteiger partial charge in [0.05, 0.1) is 17.2 Å². The zero-order chi connectivity index (χ0) is 20.5. The van der Waals surface area contributed by atoms with Gasteiger partial charge in [-0.3, -0.25) is 9.59 Å². The number of nitrogen functional groups attached to an aromatic ring is 1. The molecule has 2 aromatic heterocycles. The molecule has 1 aromatic carbocycles. The van der Waals surface area contributed by atoms with Crippen molar-refractivity contribution in [2.24, 2.45) is 17.8 Å². The van der Waals surface area contributed by atoms with Crippen molar-refractivity contribution in [1.82, 2.24) is 20.3 Å². The topological polar surface area (TPSA) is 114 Å². The van der Waals surface area contributed by atoms with E-state index in [1.54, 1.807) is 12.3 Å². The number of hydrogen-bond donors (Lipinski definition) is 3. The fourth-order valence-electron chi connectivity index (χ4n) is 6.02. The van der Waals surface area contributed by atoms with Gasteiger partial charge in [-0.1, -0.05) is 0 Å². The van der Waals surface area contributed by atoms with Crippen LogP contribution in [0.1, 0.15) is 42.6 Å². The van der Waals surface area contributed by atoms with E-state index in [1.165, 1.54) is 0 Å². The third kappa shape index (κ3) is 2.72. The molecule has 0 saturated heterocycles. The Bertz CT molecular complexity index is 1160. The van der Waals surface area contributed by atoms with Crippen LogP contribution < -0.4 is 11.1 Å². The summed E-state index contributed by atoms with van der Waals surface area (Å²) in [5, 5.41) is 3.27. The Morgan fingerprint density at radius 2 is 1.87 bits per heavy atom. The molecule has 3 aromatic rings. The number of nitrogens with one attached hydrogen (secondary N) is 2. The third-order valence-electron chi connectivity index (χ3n) is 7.16. The fraction of sp³-hybridized carbons (Fsp3) is 0.391. The molecular weight excluding hydrogens is 378 g/mol. The van der Waals surface area contributed by atoms with E-state index in [0.717, 1.165) is 43.2 Å². The van der Waals surface area contributed by atoms with Crippen LogP contribution in [0, 0.1) is 17.8 Å². The molecule has 0 radical (unpaired) electrons. The predicted octanol–water partition coefficient (Wildman–Crippen LogP) is 3.08. The summed E-state index contributed by atoms with van der Waals surface area (Å²) in [6, 6.07) is 9.20. The van der Waals surface area contributed by atoms with Gasteiger partial charge in [-0.25, -0.2) is 9.97 Å². The molecule has 4 N–H and O–H groups in total. The van der Waals surface area contributed by atoms with Crippen LogP contribution in [0.3, 0.4) is 0 Å². The largest absolute Gasteiger partial charge is 0.399 e. The van der Waals surface area contributed by atoms with Crippen LogP contribution in [0.4, 0.5) is 5.69 Å². The second kappa shape index (κ2) is 6.14. The number of anilines is 1. The van der Waals surface area contributed by atoms with Gasteiger partial charge in [0.15, 0.2) is 0 Å². The first-order chi connectivity index (χ1) is 14.5. The molecule has 4 aliphatic carbocycles. The minimum atomic E-state index is -0.251. The molecule has 7 heteroatoms. The van der Waals surface area contributed by atoms with Crippen LogP contribution in [0.15, 0.2) is 36.5 Å². The average Bonchev–Trinajstić information content (AvgIpc) is 3.15. The Kier molecular flexibility index (Phi) is 3.61. The highest BCUT2D eigenvalue weighted by molar-refractivity contribution is 5.96. The van der Waals surface area contributed by atoms with E-state index in [1.807, 2.05) is 24.3 Å². The highest BCUT2D eigenvalue weighted by Gasteiger charge is 2.55. The molecule has 7 rings (SSSR count). The zero-order valence-corrected chi connectivity index (χ0v) is 16.5. The quantitative estimate of drug-likeness (QED) is 0.584. The molecule has 2 heterocycles. The Morgan fingerprint density at radius 1 is 1.13 bits per heavy atom. The number of carbonyl (C=O) groups excluding carboxylic acids is 2. The molecule has 0 spiro atoms. The van der Waals surface area contributed by atoms with Gasteiger partial charge in [0.25, 0.3) is 5.91 Å². The summed E-state index contributed by atoms with van der Waals surface area (Å²) in [7, 11) is 0. The lowest BCUT2D eigenvalue weighted by Crippen LogP contribution is -2.62. The lowest BCUT2D eigenvalue weighted by Gasteiger charge is -2.55. The van der Waals surface area contributed by atoms with E-state index in [4.69, 9.17) is 5.73 Å². The van der Waals surface area contributed by atoms with Crippen molar-refractivity contribution < 1.29 is 9.59 Å². The Balaban J connectivity index is 1.26. The molecule has 4 bridgehead atoms. The van der Waals surface area contributed by atoms with Gasteiger partial charge >= 0.3 is 0 Å². The summed E-state index contributed by atoms with van der Waals surface area (Å²) in [6.45, 7) is 0. The minimum Gasteiger partial charge on any atom is -0.399 e. The maximum atomic E-state index is 13.1. The number of Topliss-reactive ketones (excluding diaryl/α,β-unsaturated/α-hetero) is 1. The van der Waals surface area contributed by atoms with Crippen LogP contribution in [-0.2, 0) is 4.79 Å². The molecule has 0 aliphatic heterocycles. The standard InChI is InChI=1S/C23H23N5O2/c24-16-3-1-13(2-4-16)21-26-17-7-18(25-11-19(17)27-21)22(30)28-23-8-12-5-14(9-23)20(29)15(6-12)10-23/h1-4,7,11-12,14-15H,5-6,8-10,24H2,(H,26,27)(H,28,30)/t12?,14-,15+,23?. The summed E-state index contributed by atoms with van der Waals surface area (Å²) >= 11 is 0. The number of rotatable bonds is 3. The van der Waals surface area contributed by atoms with Crippen LogP contribution in [0.2, 0.25) is 0 Å². The van der Waals surface area contributed by atoms with E-state index in [-0.39, 0.29) is 23.3 Å². The Hall–Kier alpha value is -3.22. The van der Waals surface area contributed by atoms with Crippen molar-refractivity contribution in [2.45, 2.75) is 37.6 Å². The van der Waals surface area contributed by atoms with Gasteiger partial charge in [0, 0.05) is 28.6 Å². The molecule has 30 heavy (non-hydrogen) atoms. The lowest BCUT2D eigenvalue weighted by molar-refractivity contribution is -0.142. The number of imidazole rings is 1. The molecule has 4 aliphatic rings. The van der Waals surface area contributed by atoms with Crippen molar-refractivity contribution in [1.29, 1.82) is 0 Å². The van der Waals surface area contributed by atoms with E-state index < -0.39 is 0 Å². The molecule has 7 nitrogen and oxygen atoms in total. The average molecular weight is 401 g/mol. The van der Waals surface area contributed by atoms with Gasteiger partial charge in [-0.2, -0.15) is 0 Å². The number of fused-ring (bicyclic) bond motifs is 1. The molecule has 152 valence electrons. The van der Waals surface area contributed by atoms with Crippen molar-refractivity contribution >= 4 is 28.4 Å². The number of hydrogen-bond acceptors (Lipinski definition) is 5. The van der Waals surface area contributed by atoms with Crippen LogP contribution in [0.5, 0.6) is 0 Å². The number of benzene rings is 1. The first kappa shape index (κ1) is 17.6. The molecule has 2 unspecified atom stereocenters. The SMILES string of the molecule is Nc1ccc(-c2nc3cc(C(=O)NC45CC6C[C@H](C4)C(=O)[C@@H](C6)C5)ncc3[nH]2)cc1. The molecular formula is C23H23N5O2. The Morgan fingerprint density at radius 3 is 2.60 bits per heavy atom. The number of carbonyl (C=O) groups is 2. The van der Waals surface area contributed by atoms with Gasteiger partial charge < -0.3 is 16.0 Å². The summed E-state index contributed by atoms with van der Waals surface area (Å²) < 4.78 is 0. The number of ketones is 1. The molecule has 4 fully saturated rings. The van der Waals surface area contributed by atoms with Crippen LogP contribution in [-0.4, -0.2) is 32.2 Å². The van der Waals surface area contributed by atoms with E-state index in [2.05, 4.69) is 20.3 Å². The van der Waals surface area contributed by atoms with Crippen LogP contribution >= 0.6 is 0 Å². The van der Waals surface area contributed by atoms with Crippen molar-refractivity contribution in [3.8, 4) is 11.4 Å². The fourth-order valence-corrected chi connectivity index (χ4v) is 6.02. The van der Waals surface area contributed by atoms with Gasteiger partial charge in [0.1, 0.15) is 17.3 Å². The number of nitrogens with two attached hydrogens (primary N) is 1. The van der Waals surface area contributed by atoms with E-state index in [0.29, 0.717) is 34.4 Å².